The highest BCUT2D eigenvalue weighted by Gasteiger charge is 2.42. The van der Waals surface area contributed by atoms with Crippen molar-refractivity contribution < 1.29 is 18.8 Å². The Morgan fingerprint density at radius 1 is 0.781 bits per heavy atom. The van der Waals surface area contributed by atoms with Gasteiger partial charge in [0.25, 0.3) is 0 Å². The minimum Gasteiger partial charge on any atom is -0.467 e. The number of ether oxygens (including phenoxy) is 1. The van der Waals surface area contributed by atoms with Gasteiger partial charge in [-0.25, -0.2) is 0 Å². The highest BCUT2D eigenvalue weighted by Crippen LogP contribution is 2.54. The molecule has 3 aromatic carbocycles. The summed E-state index contributed by atoms with van der Waals surface area (Å²) in [4.78, 5) is 0. The molecule has 4 rings (SSSR count). The van der Waals surface area contributed by atoms with Crippen molar-refractivity contribution in [2.24, 2.45) is 0 Å². The van der Waals surface area contributed by atoms with Gasteiger partial charge in [0.15, 0.2) is 0 Å². The van der Waals surface area contributed by atoms with E-state index in [1.807, 2.05) is 91.0 Å². The molecule has 4 nitrogen and oxygen atoms in total. The molecule has 0 radical (unpaired) electrons. The summed E-state index contributed by atoms with van der Waals surface area (Å²) in [6, 6.07) is 32.2. The molecule has 32 heavy (non-hydrogen) atoms. The molecule has 0 fully saturated rings. The normalized spacial score (nSPS) is 13.5. The fourth-order valence-electron chi connectivity index (χ4n) is 3.99. The molecule has 164 valence electrons. The summed E-state index contributed by atoms with van der Waals surface area (Å²) >= 11 is 0. The van der Waals surface area contributed by atoms with E-state index in [4.69, 9.17) is 9.15 Å². The van der Waals surface area contributed by atoms with Crippen LogP contribution in [0.5, 0.6) is 0 Å². The first-order valence-corrected chi connectivity index (χ1v) is 12.5. The number of rotatable bonds is 10. The zero-order valence-electron chi connectivity index (χ0n) is 17.8. The van der Waals surface area contributed by atoms with E-state index in [1.165, 1.54) is 6.26 Å². The minimum atomic E-state index is -3.23. The largest absolute Gasteiger partial charge is 0.467 e. The number of hydrogen-bond donors (Lipinski definition) is 1. The molecule has 0 aliphatic carbocycles. The average Bonchev–Trinajstić information content (AvgIpc) is 3.40. The second kappa shape index (κ2) is 10.6. The van der Waals surface area contributed by atoms with Crippen molar-refractivity contribution in [3.63, 3.8) is 0 Å². The molecule has 1 heterocycles. The third-order valence-corrected chi connectivity index (χ3v) is 9.22. The maximum absolute atomic E-state index is 14.9. The fraction of sp³-hybridized carbons (Fsp3) is 0.185. The number of hydrogen-bond acceptors (Lipinski definition) is 4. The molecule has 1 aromatic heterocycles. The van der Waals surface area contributed by atoms with Gasteiger partial charge in [0.2, 0.25) is 0 Å². The predicted molar refractivity (Wildman–Crippen MR) is 128 cm³/mol. The van der Waals surface area contributed by atoms with Crippen LogP contribution in [-0.2, 0) is 15.9 Å². The van der Waals surface area contributed by atoms with Crippen LogP contribution in [0.3, 0.4) is 0 Å². The van der Waals surface area contributed by atoms with Crippen LogP contribution in [0.25, 0.3) is 0 Å². The van der Waals surface area contributed by atoms with E-state index in [0.29, 0.717) is 36.0 Å². The van der Waals surface area contributed by atoms with E-state index in [1.54, 1.807) is 12.1 Å². The number of furan rings is 1. The van der Waals surface area contributed by atoms with Gasteiger partial charge < -0.3 is 18.8 Å². The average molecular weight is 446 g/mol. The molecule has 0 spiro atoms. The Hall–Kier alpha value is -2.91. The fourth-order valence-corrected chi connectivity index (χ4v) is 7.29. The molecule has 0 aliphatic rings. The minimum absolute atomic E-state index is 0.362. The lowest BCUT2D eigenvalue weighted by atomic mass is 10.1. The maximum Gasteiger partial charge on any atom is 0.149 e. The molecule has 4 aromatic rings. The van der Waals surface area contributed by atoms with Gasteiger partial charge in [-0.1, -0.05) is 91.0 Å². The standard InChI is InChI=1S/C27H27O4P/c28-27(25-17-10-19-31-25)26(18-20-30-21-22-11-4-1-5-12-22)32(29,23-13-6-2-7-14-23)24-15-8-3-9-16-24/h1-17,19,26-28H,18,20-21H2/t26-,27-/m1/s1. The third kappa shape index (κ3) is 4.94. The van der Waals surface area contributed by atoms with Crippen molar-refractivity contribution in [2.45, 2.75) is 24.8 Å². The highest BCUT2D eigenvalue weighted by molar-refractivity contribution is 7.79. The van der Waals surface area contributed by atoms with E-state index >= 15 is 0 Å². The topological polar surface area (TPSA) is 59.7 Å². The molecule has 1 N–H and O–H groups in total. The second-order valence-electron chi connectivity index (χ2n) is 7.68. The van der Waals surface area contributed by atoms with Crippen LogP contribution >= 0.6 is 7.14 Å². The molecule has 0 aliphatic heterocycles. The Labute approximate surface area is 188 Å². The summed E-state index contributed by atoms with van der Waals surface area (Å²) in [5.41, 5.74) is 0.471. The molecular formula is C27H27O4P. The zero-order valence-corrected chi connectivity index (χ0v) is 18.7. The number of aliphatic hydroxyl groups is 1. The summed E-state index contributed by atoms with van der Waals surface area (Å²) in [6.45, 7) is 0.826. The summed E-state index contributed by atoms with van der Waals surface area (Å²) in [6.07, 6.45) is 0.907. The van der Waals surface area contributed by atoms with Gasteiger partial charge in [-0.05, 0) is 24.1 Å². The van der Waals surface area contributed by atoms with Crippen molar-refractivity contribution in [1.29, 1.82) is 0 Å². The van der Waals surface area contributed by atoms with Crippen molar-refractivity contribution >= 4 is 17.8 Å². The van der Waals surface area contributed by atoms with Gasteiger partial charge >= 0.3 is 0 Å². The van der Waals surface area contributed by atoms with Gasteiger partial charge in [0, 0.05) is 17.2 Å². The van der Waals surface area contributed by atoms with Gasteiger partial charge in [-0.15, -0.1) is 0 Å². The van der Waals surface area contributed by atoms with E-state index < -0.39 is 18.9 Å². The van der Waals surface area contributed by atoms with Crippen LogP contribution in [-0.4, -0.2) is 17.4 Å². The highest BCUT2D eigenvalue weighted by atomic mass is 31.2. The Morgan fingerprint density at radius 3 is 1.88 bits per heavy atom. The third-order valence-electron chi connectivity index (χ3n) is 5.62. The number of aliphatic hydroxyl groups excluding tert-OH is 1. The van der Waals surface area contributed by atoms with E-state index in [-0.39, 0.29) is 0 Å². The van der Waals surface area contributed by atoms with Crippen LogP contribution in [0, 0.1) is 0 Å². The van der Waals surface area contributed by atoms with Gasteiger partial charge in [-0.3, -0.25) is 0 Å². The van der Waals surface area contributed by atoms with Crippen molar-refractivity contribution in [1.82, 2.24) is 0 Å². The SMILES string of the molecule is O=P(c1ccccc1)(c1ccccc1)[C@H](CCOCc1ccccc1)[C@H](O)c1ccco1. The lowest BCUT2D eigenvalue weighted by molar-refractivity contribution is 0.0921. The van der Waals surface area contributed by atoms with E-state index in [2.05, 4.69) is 0 Å². The summed E-state index contributed by atoms with van der Waals surface area (Å²) in [5.74, 6) is 0.408. The van der Waals surface area contributed by atoms with E-state index in [9.17, 15) is 9.67 Å². The lowest BCUT2D eigenvalue weighted by Gasteiger charge is -2.31. The Bertz CT molecular complexity index is 1070. The Kier molecular flexibility index (Phi) is 7.39. The molecule has 0 unspecified atom stereocenters. The molecule has 0 saturated carbocycles. The van der Waals surface area contributed by atoms with Gasteiger partial charge in [-0.2, -0.15) is 0 Å². The van der Waals surface area contributed by atoms with Crippen LogP contribution in [0.2, 0.25) is 0 Å². The second-order valence-corrected chi connectivity index (χ2v) is 10.7. The molecule has 0 bridgehead atoms. The van der Waals surface area contributed by atoms with E-state index in [0.717, 1.165) is 5.56 Å². The Morgan fingerprint density at radius 2 is 1.34 bits per heavy atom. The first kappa shape index (κ1) is 22.3. The Balaban J connectivity index is 1.66. The quantitative estimate of drug-likeness (QED) is 0.265. The maximum atomic E-state index is 14.9. The van der Waals surface area contributed by atoms with Crippen LogP contribution < -0.4 is 10.6 Å². The van der Waals surface area contributed by atoms with Crippen LogP contribution in [0.15, 0.2) is 114 Å². The summed E-state index contributed by atoms with van der Waals surface area (Å²) in [7, 11) is -3.23. The zero-order chi connectivity index (χ0) is 22.2. The molecule has 0 amide bonds. The van der Waals surface area contributed by atoms with Gasteiger partial charge in [0.05, 0.1) is 18.5 Å². The lowest BCUT2D eigenvalue weighted by Crippen LogP contribution is -2.31. The number of benzene rings is 3. The smallest absolute Gasteiger partial charge is 0.149 e. The predicted octanol–water partition coefficient (Wildman–Crippen LogP) is 5.30. The van der Waals surface area contributed by atoms with Crippen molar-refractivity contribution in [3.05, 3.63) is 121 Å². The molecule has 5 heteroatoms. The summed E-state index contributed by atoms with van der Waals surface area (Å²) < 4.78 is 26.3. The molecular weight excluding hydrogens is 419 g/mol. The first-order chi connectivity index (χ1) is 15.7. The van der Waals surface area contributed by atoms with Crippen LogP contribution in [0.1, 0.15) is 23.8 Å². The van der Waals surface area contributed by atoms with Crippen molar-refractivity contribution in [3.8, 4) is 0 Å². The summed E-state index contributed by atoms with van der Waals surface area (Å²) in [5, 5.41) is 12.7. The van der Waals surface area contributed by atoms with Crippen molar-refractivity contribution in [2.75, 3.05) is 6.61 Å². The van der Waals surface area contributed by atoms with Gasteiger partial charge in [0.1, 0.15) is 19.0 Å². The molecule has 2 atom stereocenters. The molecule has 0 saturated heterocycles. The monoisotopic (exact) mass is 446 g/mol. The first-order valence-electron chi connectivity index (χ1n) is 10.7. The van der Waals surface area contributed by atoms with Crippen LogP contribution in [0.4, 0.5) is 0 Å².